The van der Waals surface area contributed by atoms with Gasteiger partial charge < -0.3 is 5.32 Å². The predicted molar refractivity (Wildman–Crippen MR) is 75.9 cm³/mol. The van der Waals surface area contributed by atoms with Crippen molar-refractivity contribution in [2.45, 2.75) is 32.7 Å². The fourth-order valence-electron chi connectivity index (χ4n) is 2.23. The van der Waals surface area contributed by atoms with Crippen LogP contribution in [-0.4, -0.2) is 16.6 Å². The lowest BCUT2D eigenvalue weighted by Crippen LogP contribution is -2.18. The van der Waals surface area contributed by atoms with Gasteiger partial charge in [0.25, 0.3) is 0 Å². The summed E-state index contributed by atoms with van der Waals surface area (Å²) in [7, 11) is 1.88. The summed E-state index contributed by atoms with van der Waals surface area (Å²) in [6.45, 7) is 4.01. The summed E-state index contributed by atoms with van der Waals surface area (Å²) in [6.07, 6.45) is 1.93. The summed E-state index contributed by atoms with van der Waals surface area (Å²) >= 11 is 1.38. The van der Waals surface area contributed by atoms with E-state index >= 15 is 0 Å². The molecule has 0 aliphatic rings. The number of rotatable bonds is 5. The van der Waals surface area contributed by atoms with Crippen LogP contribution in [0.2, 0.25) is 0 Å². The van der Waals surface area contributed by atoms with Crippen molar-refractivity contribution >= 4 is 11.5 Å². The van der Waals surface area contributed by atoms with Gasteiger partial charge in [-0.2, -0.15) is 0 Å². The second kappa shape index (κ2) is 6.21. The molecule has 0 fully saturated rings. The molecule has 1 atom stereocenters. The third-order valence-electron chi connectivity index (χ3n) is 3.02. The fraction of sp³-hybridized carbons (Fsp3) is 0.429. The SMILES string of the molecule is CCCc1nnsc1C(NC)c1cc(C)cc(F)c1. The Kier molecular flexibility index (Phi) is 4.61. The molecule has 0 amide bonds. The number of nitrogens with one attached hydrogen (secondary N) is 1. The maximum Gasteiger partial charge on any atom is 0.123 e. The number of aromatic nitrogens is 2. The molecule has 3 nitrogen and oxygen atoms in total. The second-order valence-electron chi connectivity index (χ2n) is 4.62. The normalized spacial score (nSPS) is 12.6. The summed E-state index contributed by atoms with van der Waals surface area (Å²) in [5, 5.41) is 7.42. The minimum absolute atomic E-state index is 0.0454. The van der Waals surface area contributed by atoms with Gasteiger partial charge in [-0.15, -0.1) is 5.10 Å². The number of hydrogen-bond donors (Lipinski definition) is 1. The van der Waals surface area contributed by atoms with Crippen molar-refractivity contribution in [1.29, 1.82) is 0 Å². The molecule has 1 aromatic carbocycles. The predicted octanol–water partition coefficient (Wildman–Crippen LogP) is 3.25. The third kappa shape index (κ3) is 3.16. The van der Waals surface area contributed by atoms with Crippen LogP contribution in [0.25, 0.3) is 0 Å². The van der Waals surface area contributed by atoms with E-state index in [-0.39, 0.29) is 11.9 Å². The van der Waals surface area contributed by atoms with Crippen molar-refractivity contribution in [3.8, 4) is 0 Å². The van der Waals surface area contributed by atoms with Crippen LogP contribution in [0.4, 0.5) is 4.39 Å². The van der Waals surface area contributed by atoms with E-state index in [0.717, 1.165) is 34.5 Å². The van der Waals surface area contributed by atoms with Gasteiger partial charge in [-0.1, -0.05) is 23.9 Å². The van der Waals surface area contributed by atoms with E-state index in [1.165, 1.54) is 17.6 Å². The number of halogens is 1. The highest BCUT2D eigenvalue weighted by Gasteiger charge is 2.20. The van der Waals surface area contributed by atoms with Crippen LogP contribution in [0.15, 0.2) is 18.2 Å². The van der Waals surface area contributed by atoms with E-state index in [4.69, 9.17) is 0 Å². The molecule has 2 aromatic rings. The quantitative estimate of drug-likeness (QED) is 0.913. The molecule has 0 saturated carbocycles. The van der Waals surface area contributed by atoms with Crippen molar-refractivity contribution in [3.63, 3.8) is 0 Å². The van der Waals surface area contributed by atoms with Crippen LogP contribution in [0.1, 0.15) is 41.1 Å². The summed E-state index contributed by atoms with van der Waals surface area (Å²) in [6, 6.07) is 5.06. The van der Waals surface area contributed by atoms with Crippen LogP contribution in [0.3, 0.4) is 0 Å². The zero-order valence-electron chi connectivity index (χ0n) is 11.4. The Morgan fingerprint density at radius 2 is 2.16 bits per heavy atom. The van der Waals surface area contributed by atoms with Gasteiger partial charge in [-0.05, 0) is 55.2 Å². The third-order valence-corrected chi connectivity index (χ3v) is 3.85. The minimum atomic E-state index is -0.204. The molecule has 1 aromatic heterocycles. The number of hydrogen-bond acceptors (Lipinski definition) is 4. The molecule has 0 spiro atoms. The molecule has 0 aliphatic carbocycles. The van der Waals surface area contributed by atoms with E-state index in [9.17, 15) is 4.39 Å². The molecular formula is C14H18FN3S. The number of nitrogens with zero attached hydrogens (tertiary/aromatic N) is 2. The molecule has 2 rings (SSSR count). The number of aryl methyl sites for hydroxylation is 2. The highest BCUT2D eigenvalue weighted by atomic mass is 32.1. The zero-order valence-corrected chi connectivity index (χ0v) is 12.2. The monoisotopic (exact) mass is 279 g/mol. The lowest BCUT2D eigenvalue weighted by Gasteiger charge is -2.16. The maximum atomic E-state index is 13.6. The van der Waals surface area contributed by atoms with Crippen molar-refractivity contribution in [2.24, 2.45) is 0 Å². The molecule has 1 N–H and O–H groups in total. The molecule has 0 aliphatic heterocycles. The van der Waals surface area contributed by atoms with E-state index in [1.807, 2.05) is 20.0 Å². The molecular weight excluding hydrogens is 261 g/mol. The molecule has 1 heterocycles. The highest BCUT2D eigenvalue weighted by Crippen LogP contribution is 2.28. The highest BCUT2D eigenvalue weighted by molar-refractivity contribution is 7.05. The first-order chi connectivity index (χ1) is 9.15. The molecule has 0 saturated heterocycles. The van der Waals surface area contributed by atoms with Crippen molar-refractivity contribution in [1.82, 2.24) is 14.9 Å². The molecule has 0 bridgehead atoms. The minimum Gasteiger partial charge on any atom is -0.309 e. The lowest BCUT2D eigenvalue weighted by atomic mass is 10.0. The molecule has 19 heavy (non-hydrogen) atoms. The van der Waals surface area contributed by atoms with Gasteiger partial charge in [0.15, 0.2) is 0 Å². The Morgan fingerprint density at radius 3 is 2.79 bits per heavy atom. The van der Waals surface area contributed by atoms with Gasteiger partial charge in [0, 0.05) is 0 Å². The second-order valence-corrected chi connectivity index (χ2v) is 5.40. The average molecular weight is 279 g/mol. The van der Waals surface area contributed by atoms with Crippen molar-refractivity contribution in [2.75, 3.05) is 7.05 Å². The smallest absolute Gasteiger partial charge is 0.123 e. The van der Waals surface area contributed by atoms with Gasteiger partial charge in [-0.3, -0.25) is 0 Å². The van der Waals surface area contributed by atoms with Crippen LogP contribution < -0.4 is 5.32 Å². The summed E-state index contributed by atoms with van der Waals surface area (Å²) in [5.41, 5.74) is 2.85. The van der Waals surface area contributed by atoms with Crippen LogP contribution in [0, 0.1) is 12.7 Å². The Hall–Kier alpha value is -1.33. The Morgan fingerprint density at radius 1 is 1.37 bits per heavy atom. The van der Waals surface area contributed by atoms with E-state index in [1.54, 1.807) is 6.07 Å². The number of benzene rings is 1. The van der Waals surface area contributed by atoms with Gasteiger partial charge in [-0.25, -0.2) is 4.39 Å². The fourth-order valence-corrected chi connectivity index (χ4v) is 3.06. The standard InChI is InChI=1S/C14H18FN3S/c1-4-5-12-14(19-18-17-12)13(16-3)10-6-9(2)7-11(15)8-10/h6-8,13,16H,4-5H2,1-3H3. The summed E-state index contributed by atoms with van der Waals surface area (Å²) < 4.78 is 17.6. The lowest BCUT2D eigenvalue weighted by molar-refractivity contribution is 0.615. The summed E-state index contributed by atoms with van der Waals surface area (Å²) in [4.78, 5) is 1.08. The maximum absolute atomic E-state index is 13.6. The van der Waals surface area contributed by atoms with Crippen LogP contribution >= 0.6 is 11.5 Å². The van der Waals surface area contributed by atoms with Crippen LogP contribution in [0.5, 0.6) is 0 Å². The Labute approximate surface area is 117 Å². The van der Waals surface area contributed by atoms with Crippen LogP contribution in [-0.2, 0) is 6.42 Å². The van der Waals surface area contributed by atoms with Crippen molar-refractivity contribution < 1.29 is 4.39 Å². The van der Waals surface area contributed by atoms with Gasteiger partial charge in [0.1, 0.15) is 5.82 Å². The first kappa shape index (κ1) is 14.1. The van der Waals surface area contributed by atoms with E-state index in [0.29, 0.717) is 0 Å². The van der Waals surface area contributed by atoms with E-state index < -0.39 is 0 Å². The van der Waals surface area contributed by atoms with Gasteiger partial charge >= 0.3 is 0 Å². The Balaban J connectivity index is 2.40. The molecule has 1 unspecified atom stereocenters. The topological polar surface area (TPSA) is 37.8 Å². The average Bonchev–Trinajstić information content (AvgIpc) is 2.78. The van der Waals surface area contributed by atoms with Gasteiger partial charge in [0.2, 0.25) is 0 Å². The van der Waals surface area contributed by atoms with E-state index in [2.05, 4.69) is 21.8 Å². The van der Waals surface area contributed by atoms with Gasteiger partial charge in [0.05, 0.1) is 16.6 Å². The first-order valence-corrected chi connectivity index (χ1v) is 7.18. The van der Waals surface area contributed by atoms with Crippen molar-refractivity contribution in [3.05, 3.63) is 45.7 Å². The largest absolute Gasteiger partial charge is 0.309 e. The Bertz CT molecular complexity index is 533. The summed E-state index contributed by atoms with van der Waals surface area (Å²) in [5.74, 6) is -0.204. The zero-order chi connectivity index (χ0) is 13.8. The molecule has 5 heteroatoms. The first-order valence-electron chi connectivity index (χ1n) is 6.41. The molecule has 0 radical (unpaired) electrons. The molecule has 102 valence electrons.